The minimum absolute atomic E-state index is 0.243. The lowest BCUT2D eigenvalue weighted by Gasteiger charge is -2.06. The summed E-state index contributed by atoms with van der Waals surface area (Å²) in [5.41, 5.74) is 0.960. The number of hydrogen-bond donors (Lipinski definition) is 2. The van der Waals surface area contributed by atoms with Crippen molar-refractivity contribution < 1.29 is 0 Å². The van der Waals surface area contributed by atoms with Gasteiger partial charge in [0, 0.05) is 24.7 Å². The van der Waals surface area contributed by atoms with Crippen molar-refractivity contribution in [3.63, 3.8) is 0 Å². The molecule has 0 unspecified atom stereocenters. The van der Waals surface area contributed by atoms with E-state index in [9.17, 15) is 0 Å². The Bertz CT molecular complexity index is 455. The van der Waals surface area contributed by atoms with Crippen LogP contribution in [0, 0.1) is 6.92 Å². The van der Waals surface area contributed by atoms with Crippen LogP contribution in [0.2, 0.25) is 5.28 Å². The van der Waals surface area contributed by atoms with Crippen LogP contribution in [0.4, 0.5) is 5.82 Å². The van der Waals surface area contributed by atoms with E-state index in [1.165, 1.54) is 6.33 Å². The first kappa shape index (κ1) is 10.8. The Morgan fingerprint density at radius 2 is 2.31 bits per heavy atom. The first-order valence-electron chi connectivity index (χ1n) is 4.83. The summed E-state index contributed by atoms with van der Waals surface area (Å²) in [5, 5.41) is 9.97. The van der Waals surface area contributed by atoms with Gasteiger partial charge < -0.3 is 5.32 Å². The maximum atomic E-state index is 5.70. The van der Waals surface area contributed by atoms with Crippen LogP contribution >= 0.6 is 11.6 Å². The largest absolute Gasteiger partial charge is 0.369 e. The highest BCUT2D eigenvalue weighted by molar-refractivity contribution is 6.28. The van der Waals surface area contributed by atoms with Gasteiger partial charge in [0.15, 0.2) is 0 Å². The fraction of sp³-hybridized carbons (Fsp3) is 0.333. The molecule has 0 radical (unpaired) electrons. The zero-order valence-electron chi connectivity index (χ0n) is 8.74. The maximum Gasteiger partial charge on any atom is 0.224 e. The van der Waals surface area contributed by atoms with Crippen molar-refractivity contribution in [2.45, 2.75) is 13.3 Å². The average Bonchev–Trinajstić information content (AvgIpc) is 2.76. The third-order valence-corrected chi connectivity index (χ3v) is 2.24. The van der Waals surface area contributed by atoms with Crippen molar-refractivity contribution in [2.24, 2.45) is 0 Å². The predicted octanol–water partition coefficient (Wildman–Crippen LogP) is 1.21. The van der Waals surface area contributed by atoms with Crippen molar-refractivity contribution >= 4 is 17.4 Å². The minimum atomic E-state index is 0.243. The van der Waals surface area contributed by atoms with Gasteiger partial charge in [-0.3, -0.25) is 5.10 Å². The third-order valence-electron chi connectivity index (χ3n) is 2.06. The second-order valence-corrected chi connectivity index (χ2v) is 3.62. The molecular weight excluding hydrogens is 228 g/mol. The number of H-pyrrole nitrogens is 1. The second kappa shape index (κ2) is 4.89. The number of aryl methyl sites for hydroxylation is 1. The molecule has 0 aliphatic heterocycles. The van der Waals surface area contributed by atoms with E-state index in [1.807, 2.05) is 6.92 Å². The highest BCUT2D eigenvalue weighted by Crippen LogP contribution is 2.12. The quantitative estimate of drug-likeness (QED) is 0.783. The van der Waals surface area contributed by atoms with E-state index in [4.69, 9.17) is 11.6 Å². The normalized spacial score (nSPS) is 10.4. The van der Waals surface area contributed by atoms with Gasteiger partial charge in [-0.25, -0.2) is 15.0 Å². The van der Waals surface area contributed by atoms with Crippen LogP contribution in [0.25, 0.3) is 0 Å². The molecule has 0 atom stereocenters. The van der Waals surface area contributed by atoms with Crippen molar-refractivity contribution in [3.05, 3.63) is 29.2 Å². The molecule has 2 rings (SSSR count). The first-order chi connectivity index (χ1) is 7.75. The molecule has 6 nitrogen and oxygen atoms in total. The molecule has 84 valence electrons. The molecule has 2 heterocycles. The second-order valence-electron chi connectivity index (χ2n) is 3.28. The summed E-state index contributed by atoms with van der Waals surface area (Å²) in [6.45, 7) is 2.64. The lowest BCUT2D eigenvalue weighted by Crippen LogP contribution is -2.09. The predicted molar refractivity (Wildman–Crippen MR) is 60.4 cm³/mol. The van der Waals surface area contributed by atoms with Crippen LogP contribution in [0.5, 0.6) is 0 Å². The molecule has 7 heteroatoms. The van der Waals surface area contributed by atoms with E-state index in [0.29, 0.717) is 6.54 Å². The Kier molecular flexibility index (Phi) is 3.31. The van der Waals surface area contributed by atoms with Crippen molar-refractivity contribution in [3.8, 4) is 0 Å². The number of nitrogens with one attached hydrogen (secondary N) is 2. The van der Waals surface area contributed by atoms with E-state index in [-0.39, 0.29) is 5.28 Å². The lowest BCUT2D eigenvalue weighted by atomic mass is 10.3. The molecule has 0 spiro atoms. The SMILES string of the molecule is Cc1cnc(Cl)nc1NCCc1ncn[nH]1. The van der Waals surface area contributed by atoms with Crippen LogP contribution in [-0.4, -0.2) is 31.7 Å². The Hall–Kier alpha value is -1.69. The standard InChI is InChI=1S/C9H11ClN6/c1-6-4-12-9(10)15-8(6)11-3-2-7-13-5-14-16-7/h4-5H,2-3H2,1H3,(H,11,12,15)(H,13,14,16). The van der Waals surface area contributed by atoms with E-state index < -0.39 is 0 Å². The third kappa shape index (κ3) is 2.66. The van der Waals surface area contributed by atoms with Crippen molar-refractivity contribution in [1.82, 2.24) is 25.1 Å². The molecule has 2 aromatic rings. The number of aromatic nitrogens is 5. The van der Waals surface area contributed by atoms with Crippen LogP contribution in [-0.2, 0) is 6.42 Å². The van der Waals surface area contributed by atoms with Crippen LogP contribution in [0.3, 0.4) is 0 Å². The summed E-state index contributed by atoms with van der Waals surface area (Å²) < 4.78 is 0. The van der Waals surface area contributed by atoms with Gasteiger partial charge in [0.25, 0.3) is 0 Å². The smallest absolute Gasteiger partial charge is 0.224 e. The van der Waals surface area contributed by atoms with Gasteiger partial charge in [-0.2, -0.15) is 5.10 Å². The highest BCUT2D eigenvalue weighted by atomic mass is 35.5. The molecule has 0 saturated heterocycles. The minimum Gasteiger partial charge on any atom is -0.369 e. The van der Waals surface area contributed by atoms with Gasteiger partial charge in [-0.1, -0.05) is 0 Å². The Morgan fingerprint density at radius 3 is 3.06 bits per heavy atom. The topological polar surface area (TPSA) is 79.4 Å². The average molecular weight is 239 g/mol. The zero-order chi connectivity index (χ0) is 11.4. The number of aromatic amines is 1. The zero-order valence-corrected chi connectivity index (χ0v) is 9.49. The molecule has 0 amide bonds. The summed E-state index contributed by atoms with van der Waals surface area (Å²) in [7, 11) is 0. The van der Waals surface area contributed by atoms with Gasteiger partial charge in [0.2, 0.25) is 5.28 Å². The van der Waals surface area contributed by atoms with Crippen LogP contribution < -0.4 is 5.32 Å². The van der Waals surface area contributed by atoms with Crippen molar-refractivity contribution in [2.75, 3.05) is 11.9 Å². The summed E-state index contributed by atoms with van der Waals surface area (Å²) in [6, 6.07) is 0. The van der Waals surface area contributed by atoms with E-state index in [0.717, 1.165) is 23.6 Å². The number of halogens is 1. The summed E-state index contributed by atoms with van der Waals surface area (Å²) in [6.07, 6.45) is 3.93. The molecule has 0 aliphatic rings. The lowest BCUT2D eigenvalue weighted by molar-refractivity contribution is 0.894. The molecule has 16 heavy (non-hydrogen) atoms. The molecule has 0 aromatic carbocycles. The Labute approximate surface area is 97.5 Å². The first-order valence-corrected chi connectivity index (χ1v) is 5.21. The summed E-state index contributed by atoms with van der Waals surface area (Å²) in [4.78, 5) is 12.0. The van der Waals surface area contributed by atoms with Gasteiger partial charge in [0.05, 0.1) is 0 Å². The molecule has 2 N–H and O–H groups in total. The number of hydrogen-bond acceptors (Lipinski definition) is 5. The fourth-order valence-electron chi connectivity index (χ4n) is 1.25. The van der Waals surface area contributed by atoms with Crippen LogP contribution in [0.15, 0.2) is 12.5 Å². The van der Waals surface area contributed by atoms with Gasteiger partial charge in [-0.05, 0) is 18.5 Å². The summed E-state index contributed by atoms with van der Waals surface area (Å²) in [5.74, 6) is 1.59. The number of nitrogens with zero attached hydrogens (tertiary/aromatic N) is 4. The molecule has 0 aliphatic carbocycles. The fourth-order valence-corrected chi connectivity index (χ4v) is 1.38. The van der Waals surface area contributed by atoms with Crippen molar-refractivity contribution in [1.29, 1.82) is 0 Å². The molecule has 2 aromatic heterocycles. The molecule has 0 bridgehead atoms. The molecule has 0 saturated carbocycles. The summed E-state index contributed by atoms with van der Waals surface area (Å²) >= 11 is 5.70. The van der Waals surface area contributed by atoms with Gasteiger partial charge >= 0.3 is 0 Å². The van der Waals surface area contributed by atoms with E-state index in [1.54, 1.807) is 6.20 Å². The Balaban J connectivity index is 1.92. The monoisotopic (exact) mass is 238 g/mol. The molecule has 0 fully saturated rings. The maximum absolute atomic E-state index is 5.70. The highest BCUT2D eigenvalue weighted by Gasteiger charge is 2.02. The van der Waals surface area contributed by atoms with E-state index >= 15 is 0 Å². The van der Waals surface area contributed by atoms with Gasteiger partial charge in [-0.15, -0.1) is 0 Å². The number of rotatable bonds is 4. The molecular formula is C9H11ClN6. The number of anilines is 1. The van der Waals surface area contributed by atoms with Crippen LogP contribution in [0.1, 0.15) is 11.4 Å². The Morgan fingerprint density at radius 1 is 1.44 bits per heavy atom. The van der Waals surface area contributed by atoms with Gasteiger partial charge in [0.1, 0.15) is 18.0 Å². The van der Waals surface area contributed by atoms with E-state index in [2.05, 4.69) is 30.5 Å².